The van der Waals surface area contributed by atoms with Crippen LogP contribution in [0.4, 0.5) is 0 Å². The maximum Gasteiger partial charge on any atom is 0.220 e. The predicted molar refractivity (Wildman–Crippen MR) is 94.7 cm³/mol. The second-order valence-corrected chi connectivity index (χ2v) is 6.26. The van der Waals surface area contributed by atoms with E-state index < -0.39 is 0 Å². The van der Waals surface area contributed by atoms with Gasteiger partial charge in [0, 0.05) is 13.0 Å². The highest BCUT2D eigenvalue weighted by Crippen LogP contribution is 2.15. The quantitative estimate of drug-likeness (QED) is 0.823. The van der Waals surface area contributed by atoms with Crippen molar-refractivity contribution < 1.29 is 9.53 Å². The Morgan fingerprint density at radius 1 is 1.08 bits per heavy atom. The van der Waals surface area contributed by atoms with E-state index in [1.807, 2.05) is 54.6 Å². The second kappa shape index (κ2) is 8.50. The van der Waals surface area contributed by atoms with Gasteiger partial charge in [-0.3, -0.25) is 4.79 Å². The second-order valence-electron chi connectivity index (χ2n) is 6.26. The molecular weight excluding hydrogens is 300 g/mol. The lowest BCUT2D eigenvalue weighted by Crippen LogP contribution is -2.25. The fourth-order valence-corrected chi connectivity index (χ4v) is 2.87. The molecule has 1 fully saturated rings. The molecule has 1 amide bonds. The largest absolute Gasteiger partial charge is 0.489 e. The van der Waals surface area contributed by atoms with E-state index in [9.17, 15) is 4.79 Å². The van der Waals surface area contributed by atoms with Gasteiger partial charge in [0.15, 0.2) is 0 Å². The first-order chi connectivity index (χ1) is 11.8. The van der Waals surface area contributed by atoms with Crippen LogP contribution >= 0.6 is 0 Å². The smallest absolute Gasteiger partial charge is 0.220 e. The Bertz CT molecular complexity index is 634. The molecule has 2 aromatic carbocycles. The van der Waals surface area contributed by atoms with Crippen LogP contribution in [0.2, 0.25) is 0 Å². The third kappa shape index (κ3) is 5.10. The molecule has 3 rings (SSSR count). The number of benzene rings is 2. The van der Waals surface area contributed by atoms with E-state index in [0.717, 1.165) is 36.4 Å². The zero-order chi connectivity index (χ0) is 16.6. The van der Waals surface area contributed by atoms with Crippen molar-refractivity contribution in [2.75, 3.05) is 13.1 Å². The topological polar surface area (TPSA) is 50.4 Å². The van der Waals surface area contributed by atoms with E-state index in [1.54, 1.807) is 0 Å². The van der Waals surface area contributed by atoms with Crippen molar-refractivity contribution in [3.05, 3.63) is 65.7 Å². The Morgan fingerprint density at radius 3 is 2.58 bits per heavy atom. The summed E-state index contributed by atoms with van der Waals surface area (Å²) in [6.07, 6.45) is 1.71. The molecule has 0 aromatic heterocycles. The lowest BCUT2D eigenvalue weighted by molar-refractivity contribution is -0.122. The zero-order valence-electron chi connectivity index (χ0n) is 13.8. The van der Waals surface area contributed by atoms with Crippen LogP contribution in [-0.2, 0) is 17.9 Å². The molecule has 1 saturated heterocycles. The molecule has 1 unspecified atom stereocenters. The van der Waals surface area contributed by atoms with Crippen molar-refractivity contribution in [3.8, 4) is 5.75 Å². The van der Waals surface area contributed by atoms with Gasteiger partial charge >= 0.3 is 0 Å². The number of hydrogen-bond acceptors (Lipinski definition) is 3. The molecule has 1 aliphatic heterocycles. The number of rotatable bonds is 7. The molecule has 0 bridgehead atoms. The molecule has 0 spiro atoms. The molecule has 1 aliphatic rings. The van der Waals surface area contributed by atoms with E-state index in [4.69, 9.17) is 4.74 Å². The van der Waals surface area contributed by atoms with Crippen molar-refractivity contribution in [2.45, 2.75) is 26.0 Å². The maximum atomic E-state index is 11.9. The summed E-state index contributed by atoms with van der Waals surface area (Å²) in [6, 6.07) is 18.0. The number of nitrogens with one attached hydrogen (secondary N) is 2. The van der Waals surface area contributed by atoms with Crippen LogP contribution in [0.5, 0.6) is 5.75 Å². The minimum absolute atomic E-state index is 0.133. The molecule has 0 radical (unpaired) electrons. The number of ether oxygens (including phenoxy) is 1. The fourth-order valence-electron chi connectivity index (χ4n) is 2.87. The number of amides is 1. The Labute approximate surface area is 143 Å². The molecule has 1 heterocycles. The van der Waals surface area contributed by atoms with Crippen molar-refractivity contribution >= 4 is 5.91 Å². The van der Waals surface area contributed by atoms with Crippen molar-refractivity contribution in [1.29, 1.82) is 0 Å². The van der Waals surface area contributed by atoms with Gasteiger partial charge in [-0.05, 0) is 48.7 Å². The van der Waals surface area contributed by atoms with E-state index in [0.29, 0.717) is 25.5 Å². The predicted octanol–water partition coefficient (Wildman–Crippen LogP) is 2.88. The van der Waals surface area contributed by atoms with Gasteiger partial charge < -0.3 is 15.4 Å². The van der Waals surface area contributed by atoms with Crippen LogP contribution in [0.3, 0.4) is 0 Å². The lowest BCUT2D eigenvalue weighted by atomic mass is 10.0. The molecule has 0 aliphatic carbocycles. The van der Waals surface area contributed by atoms with Gasteiger partial charge in [0.25, 0.3) is 0 Å². The first-order valence-electron chi connectivity index (χ1n) is 8.53. The summed E-state index contributed by atoms with van der Waals surface area (Å²) in [5.41, 5.74) is 2.23. The van der Waals surface area contributed by atoms with E-state index in [2.05, 4.69) is 10.6 Å². The number of hydrogen-bond donors (Lipinski definition) is 2. The van der Waals surface area contributed by atoms with Crippen LogP contribution in [0, 0.1) is 5.92 Å². The highest BCUT2D eigenvalue weighted by Gasteiger charge is 2.17. The monoisotopic (exact) mass is 324 g/mol. The summed E-state index contributed by atoms with van der Waals surface area (Å²) in [4.78, 5) is 11.9. The lowest BCUT2D eigenvalue weighted by Gasteiger charge is -2.10. The molecule has 2 N–H and O–H groups in total. The Balaban J connectivity index is 1.41. The van der Waals surface area contributed by atoms with E-state index in [-0.39, 0.29) is 5.91 Å². The standard InChI is InChI=1S/C20H24N2O2/c23-20(12-18-10-11-21-13-18)22-14-16-6-8-19(9-7-16)24-15-17-4-2-1-3-5-17/h1-9,18,21H,10-15H2,(H,22,23). The zero-order valence-corrected chi connectivity index (χ0v) is 13.8. The first kappa shape index (κ1) is 16.5. The van der Waals surface area contributed by atoms with Crippen LogP contribution in [-0.4, -0.2) is 19.0 Å². The summed E-state index contributed by atoms with van der Waals surface area (Å²) in [7, 11) is 0. The van der Waals surface area contributed by atoms with E-state index in [1.165, 1.54) is 0 Å². The normalized spacial score (nSPS) is 16.8. The maximum absolute atomic E-state index is 11.9. The molecule has 2 aromatic rings. The third-order valence-corrected chi connectivity index (χ3v) is 4.30. The summed E-state index contributed by atoms with van der Waals surface area (Å²) in [5, 5.41) is 6.28. The summed E-state index contributed by atoms with van der Waals surface area (Å²) in [6.45, 7) is 3.12. The van der Waals surface area contributed by atoms with Crippen LogP contribution < -0.4 is 15.4 Å². The van der Waals surface area contributed by atoms with Gasteiger partial charge in [-0.1, -0.05) is 42.5 Å². The van der Waals surface area contributed by atoms with Gasteiger partial charge in [0.2, 0.25) is 5.91 Å². The van der Waals surface area contributed by atoms with Crippen molar-refractivity contribution in [2.24, 2.45) is 5.92 Å². The van der Waals surface area contributed by atoms with E-state index >= 15 is 0 Å². The number of carbonyl (C=O) groups is 1. The molecule has 4 heteroatoms. The molecular formula is C20H24N2O2. The van der Waals surface area contributed by atoms with Crippen LogP contribution in [0.1, 0.15) is 24.0 Å². The van der Waals surface area contributed by atoms with Crippen LogP contribution in [0.25, 0.3) is 0 Å². The van der Waals surface area contributed by atoms with Crippen molar-refractivity contribution in [1.82, 2.24) is 10.6 Å². The van der Waals surface area contributed by atoms with Gasteiger partial charge in [-0.25, -0.2) is 0 Å². The SMILES string of the molecule is O=C(CC1CCNC1)NCc1ccc(OCc2ccccc2)cc1. The number of carbonyl (C=O) groups excluding carboxylic acids is 1. The summed E-state index contributed by atoms with van der Waals surface area (Å²) in [5.74, 6) is 1.46. The Kier molecular flexibility index (Phi) is 5.85. The first-order valence-corrected chi connectivity index (χ1v) is 8.53. The minimum Gasteiger partial charge on any atom is -0.489 e. The molecule has 0 saturated carbocycles. The highest BCUT2D eigenvalue weighted by atomic mass is 16.5. The Morgan fingerprint density at radius 2 is 1.88 bits per heavy atom. The van der Waals surface area contributed by atoms with Gasteiger partial charge in [0.1, 0.15) is 12.4 Å². The summed E-state index contributed by atoms with van der Waals surface area (Å²) >= 11 is 0. The molecule has 24 heavy (non-hydrogen) atoms. The molecule has 126 valence electrons. The average Bonchev–Trinajstić information content (AvgIpc) is 3.13. The fraction of sp³-hybridized carbons (Fsp3) is 0.350. The highest BCUT2D eigenvalue weighted by molar-refractivity contribution is 5.76. The third-order valence-electron chi connectivity index (χ3n) is 4.30. The molecule has 1 atom stereocenters. The molecule has 4 nitrogen and oxygen atoms in total. The van der Waals surface area contributed by atoms with Crippen LogP contribution in [0.15, 0.2) is 54.6 Å². The van der Waals surface area contributed by atoms with Gasteiger partial charge in [0.05, 0.1) is 0 Å². The van der Waals surface area contributed by atoms with Crippen molar-refractivity contribution in [3.63, 3.8) is 0 Å². The minimum atomic E-state index is 0.133. The van der Waals surface area contributed by atoms with Gasteiger partial charge in [-0.15, -0.1) is 0 Å². The Hall–Kier alpha value is -2.33. The average molecular weight is 324 g/mol. The van der Waals surface area contributed by atoms with Gasteiger partial charge in [-0.2, -0.15) is 0 Å². The summed E-state index contributed by atoms with van der Waals surface area (Å²) < 4.78 is 5.77.